The van der Waals surface area contributed by atoms with Gasteiger partial charge in [0.15, 0.2) is 5.82 Å². The van der Waals surface area contributed by atoms with Crippen LogP contribution in [-0.4, -0.2) is 26.4 Å². The summed E-state index contributed by atoms with van der Waals surface area (Å²) >= 11 is 7.37. The number of hydrogen-bond donors (Lipinski definition) is 0. The lowest BCUT2D eigenvalue weighted by Crippen LogP contribution is -2.30. The summed E-state index contributed by atoms with van der Waals surface area (Å²) in [6, 6.07) is 7.28. The van der Waals surface area contributed by atoms with Gasteiger partial charge in [-0.2, -0.15) is 10.1 Å². The Hall–Kier alpha value is -2.12. The molecule has 1 aromatic carbocycles. The normalized spacial score (nSPS) is 13.3. The van der Waals surface area contributed by atoms with Gasteiger partial charge in [-0.25, -0.2) is 4.98 Å². The van der Waals surface area contributed by atoms with Crippen LogP contribution in [0.2, 0.25) is 5.02 Å². The van der Waals surface area contributed by atoms with Gasteiger partial charge in [-0.3, -0.25) is 14.2 Å². The summed E-state index contributed by atoms with van der Waals surface area (Å²) in [4.78, 5) is 30.1. The van der Waals surface area contributed by atoms with E-state index >= 15 is 0 Å². The highest BCUT2D eigenvalue weighted by Crippen LogP contribution is 2.39. The summed E-state index contributed by atoms with van der Waals surface area (Å²) in [5.74, 6) is 0.951. The highest BCUT2D eigenvalue weighted by molar-refractivity contribution is 8.14. The zero-order valence-electron chi connectivity index (χ0n) is 16.2. The fourth-order valence-electron chi connectivity index (χ4n) is 2.94. The molecule has 0 bridgehead atoms. The van der Waals surface area contributed by atoms with Crippen LogP contribution in [0.3, 0.4) is 0 Å². The third-order valence-corrected chi connectivity index (χ3v) is 5.61. The Bertz CT molecular complexity index is 921. The van der Waals surface area contributed by atoms with Gasteiger partial charge in [0.25, 0.3) is 0 Å². The maximum Gasteiger partial charge on any atom is 0.248 e. The number of carbonyl (C=O) groups is 2. The molecular formula is C20H23ClN4O2S. The summed E-state index contributed by atoms with van der Waals surface area (Å²) in [6.07, 6.45) is 2.83. The van der Waals surface area contributed by atoms with Crippen LogP contribution in [0.15, 0.2) is 34.4 Å². The Morgan fingerprint density at radius 3 is 2.29 bits per heavy atom. The van der Waals surface area contributed by atoms with Gasteiger partial charge in [0.2, 0.25) is 11.8 Å². The smallest absolute Gasteiger partial charge is 0.248 e. The molecule has 3 rings (SSSR count). The minimum Gasteiger partial charge on any atom is -0.274 e. The van der Waals surface area contributed by atoms with Crippen molar-refractivity contribution < 1.29 is 9.59 Å². The lowest BCUT2D eigenvalue weighted by Gasteiger charge is -2.23. The predicted molar refractivity (Wildman–Crippen MR) is 113 cm³/mol. The van der Waals surface area contributed by atoms with Crippen molar-refractivity contribution >= 4 is 46.0 Å². The Balaban J connectivity index is 2.13. The Labute approximate surface area is 174 Å². The van der Waals surface area contributed by atoms with Crippen LogP contribution in [0, 0.1) is 0 Å². The number of nitrogens with zero attached hydrogens (tertiary/aromatic N) is 4. The van der Waals surface area contributed by atoms with Crippen LogP contribution in [0.25, 0.3) is 0 Å². The van der Waals surface area contributed by atoms with E-state index in [0.717, 1.165) is 12.0 Å². The standard InChI is InChI=1S/C20H23ClN4O2S/c1-4-7-16(26)24-15(6-3)22-18-20(24)28-19(13-9-11-14(21)12-10-13)23-25(18)17(27)8-5-2/h9-12H,4-8H2,1-3H3. The number of imidazole rings is 1. The van der Waals surface area contributed by atoms with Gasteiger partial charge < -0.3 is 0 Å². The van der Waals surface area contributed by atoms with Crippen molar-refractivity contribution in [3.8, 4) is 0 Å². The molecule has 0 radical (unpaired) electrons. The zero-order valence-corrected chi connectivity index (χ0v) is 17.8. The van der Waals surface area contributed by atoms with E-state index in [1.165, 1.54) is 16.8 Å². The first-order valence-corrected chi connectivity index (χ1v) is 10.7. The second-order valence-electron chi connectivity index (χ2n) is 6.46. The number of hydrazone groups is 1. The van der Waals surface area contributed by atoms with E-state index in [9.17, 15) is 9.59 Å². The second kappa shape index (κ2) is 8.92. The summed E-state index contributed by atoms with van der Waals surface area (Å²) < 4.78 is 1.65. The van der Waals surface area contributed by atoms with Crippen LogP contribution < -0.4 is 5.01 Å². The van der Waals surface area contributed by atoms with E-state index in [2.05, 4.69) is 10.1 Å². The molecule has 0 unspecified atom stereocenters. The quantitative estimate of drug-likeness (QED) is 0.651. The largest absolute Gasteiger partial charge is 0.274 e. The molecule has 2 heterocycles. The maximum atomic E-state index is 12.8. The molecule has 0 N–H and O–H groups in total. The number of amides is 1. The lowest BCUT2D eigenvalue weighted by atomic mass is 10.2. The number of hydrogen-bond acceptors (Lipinski definition) is 5. The minimum absolute atomic E-state index is 0.0131. The number of aryl methyl sites for hydroxylation is 1. The molecule has 0 aliphatic carbocycles. The van der Waals surface area contributed by atoms with Crippen LogP contribution in [0.4, 0.5) is 5.82 Å². The number of carbonyl (C=O) groups excluding carboxylic acids is 2. The van der Waals surface area contributed by atoms with Gasteiger partial charge in [-0.1, -0.05) is 44.5 Å². The van der Waals surface area contributed by atoms with E-state index in [1.807, 2.05) is 32.9 Å². The monoisotopic (exact) mass is 418 g/mol. The Morgan fingerprint density at radius 2 is 1.68 bits per heavy atom. The minimum atomic E-state index is -0.134. The van der Waals surface area contributed by atoms with Gasteiger partial charge >= 0.3 is 0 Å². The lowest BCUT2D eigenvalue weighted by molar-refractivity contribution is -0.118. The number of aromatic nitrogens is 2. The van der Waals surface area contributed by atoms with Crippen LogP contribution in [0.5, 0.6) is 0 Å². The summed E-state index contributed by atoms with van der Waals surface area (Å²) in [6.45, 7) is 5.87. The molecule has 1 amide bonds. The average molecular weight is 419 g/mol. The van der Waals surface area contributed by atoms with Crippen molar-refractivity contribution in [3.05, 3.63) is 40.7 Å². The van der Waals surface area contributed by atoms with Crippen molar-refractivity contribution in [3.63, 3.8) is 0 Å². The van der Waals surface area contributed by atoms with Gasteiger partial charge in [0.1, 0.15) is 15.9 Å². The summed E-state index contributed by atoms with van der Waals surface area (Å²) in [5, 5.41) is 7.84. The van der Waals surface area contributed by atoms with Gasteiger partial charge in [0, 0.05) is 29.8 Å². The van der Waals surface area contributed by atoms with E-state index in [-0.39, 0.29) is 11.8 Å². The fraction of sp³-hybridized carbons (Fsp3) is 0.400. The topological polar surface area (TPSA) is 67.6 Å². The summed E-state index contributed by atoms with van der Waals surface area (Å²) in [7, 11) is 0. The maximum absolute atomic E-state index is 12.8. The molecule has 8 heteroatoms. The second-order valence-corrected chi connectivity index (χ2v) is 7.87. The van der Waals surface area contributed by atoms with E-state index < -0.39 is 0 Å². The SMILES string of the molecule is CCCC(=O)N1N=C(c2ccc(Cl)cc2)Sc2c1nc(CC)n2C(=O)CCC. The number of rotatable bonds is 6. The van der Waals surface area contributed by atoms with Gasteiger partial charge in [-0.15, -0.1) is 0 Å². The zero-order chi connectivity index (χ0) is 20.3. The highest BCUT2D eigenvalue weighted by Gasteiger charge is 2.33. The van der Waals surface area contributed by atoms with Gasteiger partial charge in [-0.05, 0) is 36.7 Å². The van der Waals surface area contributed by atoms with E-state index in [4.69, 9.17) is 11.6 Å². The number of halogens is 1. The Kier molecular flexibility index (Phi) is 6.57. The highest BCUT2D eigenvalue weighted by atomic mass is 35.5. The molecule has 1 aromatic heterocycles. The molecule has 28 heavy (non-hydrogen) atoms. The molecule has 0 spiro atoms. The average Bonchev–Trinajstić information content (AvgIpc) is 3.06. The van der Waals surface area contributed by atoms with Crippen LogP contribution in [-0.2, 0) is 11.2 Å². The predicted octanol–water partition coefficient (Wildman–Crippen LogP) is 5.14. The summed E-state index contributed by atoms with van der Waals surface area (Å²) in [5.41, 5.74) is 0.836. The molecule has 148 valence electrons. The van der Waals surface area contributed by atoms with Crippen molar-refractivity contribution in [2.75, 3.05) is 5.01 Å². The van der Waals surface area contributed by atoms with Crippen molar-refractivity contribution in [1.82, 2.24) is 9.55 Å². The molecular weight excluding hydrogens is 396 g/mol. The molecule has 1 aliphatic rings. The molecule has 1 aliphatic heterocycles. The van der Waals surface area contributed by atoms with E-state index in [0.29, 0.717) is 52.4 Å². The number of benzene rings is 1. The fourth-order valence-corrected chi connectivity index (χ4v) is 4.15. The first-order chi connectivity index (χ1) is 13.5. The van der Waals surface area contributed by atoms with E-state index in [1.54, 1.807) is 16.7 Å². The first kappa shape index (κ1) is 20.6. The molecule has 0 saturated heterocycles. The van der Waals surface area contributed by atoms with Crippen molar-refractivity contribution in [2.24, 2.45) is 5.10 Å². The molecule has 6 nitrogen and oxygen atoms in total. The molecule has 0 fully saturated rings. The third-order valence-electron chi connectivity index (χ3n) is 4.29. The van der Waals surface area contributed by atoms with Crippen molar-refractivity contribution in [1.29, 1.82) is 0 Å². The molecule has 2 aromatic rings. The third kappa shape index (κ3) is 4.00. The number of anilines is 1. The first-order valence-electron chi connectivity index (χ1n) is 9.50. The molecule has 0 saturated carbocycles. The molecule has 0 atom stereocenters. The van der Waals surface area contributed by atoms with Crippen molar-refractivity contribution in [2.45, 2.75) is 57.9 Å². The van der Waals surface area contributed by atoms with Crippen LogP contribution >= 0.6 is 23.4 Å². The Morgan fingerprint density at radius 1 is 1.04 bits per heavy atom. The number of thioether (sulfide) groups is 1. The number of fused-ring (bicyclic) bond motifs is 1. The van der Waals surface area contributed by atoms with Gasteiger partial charge in [0.05, 0.1) is 0 Å². The van der Waals surface area contributed by atoms with Crippen LogP contribution in [0.1, 0.15) is 62.6 Å².